The summed E-state index contributed by atoms with van der Waals surface area (Å²) in [4.78, 5) is 39.0. The van der Waals surface area contributed by atoms with E-state index in [4.69, 9.17) is 36.1 Å². The van der Waals surface area contributed by atoms with Gasteiger partial charge in [-0.05, 0) is 95.1 Å². The number of aliphatic carboxylic acids is 1. The van der Waals surface area contributed by atoms with Crippen LogP contribution in [0.2, 0.25) is 5.02 Å². The Kier molecular flexibility index (Phi) is 9.08. The number of carbonyl (C=O) groups is 2. The van der Waals surface area contributed by atoms with Gasteiger partial charge in [-0.1, -0.05) is 23.7 Å². The van der Waals surface area contributed by atoms with Gasteiger partial charge in [-0.2, -0.15) is 5.10 Å². The second-order valence-corrected chi connectivity index (χ2v) is 15.7. The Bertz CT molecular complexity index is 2090. The molecule has 5 heterocycles. The maximum absolute atomic E-state index is 12.7. The van der Waals surface area contributed by atoms with Crippen molar-refractivity contribution in [3.63, 3.8) is 0 Å². The number of fused-ring (bicyclic) bond motifs is 2. The lowest BCUT2D eigenvalue weighted by atomic mass is 9.91. The normalized spacial score (nSPS) is 17.0. The summed E-state index contributed by atoms with van der Waals surface area (Å²) >= 11 is 7.77. The van der Waals surface area contributed by atoms with Crippen molar-refractivity contribution in [3.05, 3.63) is 64.3 Å². The molecule has 50 heavy (non-hydrogen) atoms. The van der Waals surface area contributed by atoms with Crippen LogP contribution >= 0.6 is 22.9 Å². The summed E-state index contributed by atoms with van der Waals surface area (Å²) in [5.74, 6) is -0.789. The molecule has 0 aliphatic carbocycles. The molecule has 2 aliphatic heterocycles. The molecule has 262 valence electrons. The van der Waals surface area contributed by atoms with Crippen molar-refractivity contribution in [2.75, 3.05) is 33.3 Å². The van der Waals surface area contributed by atoms with Crippen molar-refractivity contribution in [3.8, 4) is 21.8 Å². The average molecular weight is 717 g/mol. The molecular formula is C37H41ClN6O5S. The number of nitrogens with zero attached hydrogens (tertiary/aromatic N) is 6. The molecule has 7 rings (SSSR count). The lowest BCUT2D eigenvalue weighted by Gasteiger charge is -2.46. The fourth-order valence-electron chi connectivity index (χ4n) is 7.21. The number of aryl methyl sites for hydroxylation is 2. The Morgan fingerprint density at radius 1 is 1.06 bits per heavy atom. The third-order valence-corrected chi connectivity index (χ3v) is 11.1. The molecule has 0 unspecified atom stereocenters. The number of halogens is 1. The Morgan fingerprint density at radius 3 is 2.40 bits per heavy atom. The number of benzene rings is 2. The van der Waals surface area contributed by atoms with Crippen molar-refractivity contribution < 1.29 is 24.2 Å². The minimum Gasteiger partial charge on any atom is -0.479 e. The number of carbonyl (C=O) groups excluding carboxylic acids is 1. The van der Waals surface area contributed by atoms with Gasteiger partial charge in [0.1, 0.15) is 10.5 Å². The van der Waals surface area contributed by atoms with E-state index in [1.165, 1.54) is 18.4 Å². The van der Waals surface area contributed by atoms with Gasteiger partial charge in [0.25, 0.3) is 0 Å². The number of methoxy groups -OCH3 is 1. The second kappa shape index (κ2) is 13.2. The highest BCUT2D eigenvalue weighted by molar-refractivity contribution is 7.22. The van der Waals surface area contributed by atoms with Gasteiger partial charge in [0.2, 0.25) is 0 Å². The first-order valence-corrected chi connectivity index (χ1v) is 18.0. The number of aromatic nitrogens is 4. The maximum atomic E-state index is 12.7. The minimum absolute atomic E-state index is 0.262. The first-order chi connectivity index (χ1) is 23.8. The molecule has 11 nitrogen and oxygen atoms in total. The molecule has 2 fully saturated rings. The molecule has 0 saturated carbocycles. The standard InChI is InChI=1S/C37H41ClN6O5S/c1-20-17-26-33(29(21-7-9-23(38)10-8-21)28(20)32(35(45)46)49-37(2,3)4)50-34(40-26)25-11-12-27-31(39-25)30(41-42(27)5)22-13-15-43(16-14-22)24-18-44(19-24)36(47)48-6/h7-12,17,22,24,32H,13-16,18-19H2,1-6H3,(H,45,46)/t32-/m0/s1. The molecule has 2 saturated heterocycles. The molecule has 1 atom stereocenters. The maximum Gasteiger partial charge on any atom is 0.409 e. The predicted octanol–water partition coefficient (Wildman–Crippen LogP) is 7.44. The monoisotopic (exact) mass is 716 g/mol. The van der Waals surface area contributed by atoms with Crippen LogP contribution < -0.4 is 0 Å². The van der Waals surface area contributed by atoms with Crippen LogP contribution in [-0.2, 0) is 21.3 Å². The Morgan fingerprint density at radius 2 is 1.76 bits per heavy atom. The Hall–Kier alpha value is -4.10. The van der Waals surface area contributed by atoms with E-state index in [0.717, 1.165) is 80.3 Å². The number of hydrogen-bond acceptors (Lipinski definition) is 9. The van der Waals surface area contributed by atoms with E-state index < -0.39 is 17.7 Å². The molecule has 2 aliphatic rings. The number of amides is 1. The molecule has 0 bridgehead atoms. The minimum atomic E-state index is -1.19. The zero-order valence-electron chi connectivity index (χ0n) is 29.1. The molecule has 0 spiro atoms. The topological polar surface area (TPSA) is 123 Å². The van der Waals surface area contributed by atoms with Gasteiger partial charge in [0.15, 0.2) is 6.10 Å². The largest absolute Gasteiger partial charge is 0.479 e. The van der Waals surface area contributed by atoms with Crippen molar-refractivity contribution in [1.29, 1.82) is 0 Å². The van der Waals surface area contributed by atoms with Gasteiger partial charge in [0, 0.05) is 48.2 Å². The zero-order chi connectivity index (χ0) is 35.5. The third kappa shape index (κ3) is 6.45. The number of likely N-dealkylation sites (tertiary alicyclic amines) is 2. The number of carboxylic acids is 1. The number of thiazole rings is 1. The highest BCUT2D eigenvalue weighted by Crippen LogP contribution is 2.44. The van der Waals surface area contributed by atoms with Crippen molar-refractivity contribution in [2.24, 2.45) is 7.05 Å². The molecule has 1 N–H and O–H groups in total. The number of rotatable bonds is 7. The van der Waals surface area contributed by atoms with E-state index in [1.807, 2.05) is 75.8 Å². The smallest absolute Gasteiger partial charge is 0.409 e. The van der Waals surface area contributed by atoms with E-state index in [9.17, 15) is 14.7 Å². The quantitative estimate of drug-likeness (QED) is 0.183. The van der Waals surface area contributed by atoms with Gasteiger partial charge >= 0.3 is 12.1 Å². The predicted molar refractivity (Wildman–Crippen MR) is 195 cm³/mol. The summed E-state index contributed by atoms with van der Waals surface area (Å²) < 4.78 is 13.8. The van der Waals surface area contributed by atoms with Crippen LogP contribution in [0.3, 0.4) is 0 Å². The van der Waals surface area contributed by atoms with E-state index in [0.29, 0.717) is 29.7 Å². The van der Waals surface area contributed by atoms with E-state index in [2.05, 4.69) is 11.0 Å². The number of ether oxygens (including phenoxy) is 2. The molecule has 5 aromatic rings. The molecule has 13 heteroatoms. The number of pyridine rings is 1. The van der Waals surface area contributed by atoms with Gasteiger partial charge in [-0.25, -0.2) is 19.6 Å². The molecule has 2 aromatic carbocycles. The Labute approximate surface area is 299 Å². The Balaban J connectivity index is 1.25. The van der Waals surface area contributed by atoms with Crippen LogP contribution in [0.4, 0.5) is 4.79 Å². The van der Waals surface area contributed by atoms with Crippen LogP contribution in [0.15, 0.2) is 42.5 Å². The number of carboxylic acid groups (broad SMARTS) is 1. The SMILES string of the molecule is COC(=O)N1CC(N2CCC(c3nn(C)c4ccc(-c5nc6cc(C)c([C@H](OC(C)(C)C)C(=O)O)c(-c7ccc(Cl)cc7)c6s5)nc34)CC2)C1. The highest BCUT2D eigenvalue weighted by atomic mass is 35.5. The van der Waals surface area contributed by atoms with Crippen molar-refractivity contribution >= 4 is 56.3 Å². The summed E-state index contributed by atoms with van der Waals surface area (Å²) in [6.07, 6.45) is 0.469. The fraction of sp³-hybridized carbons (Fsp3) is 0.432. The fourth-order valence-corrected chi connectivity index (χ4v) is 8.43. The molecule has 3 aromatic heterocycles. The van der Waals surface area contributed by atoms with Crippen LogP contribution in [0.5, 0.6) is 0 Å². The van der Waals surface area contributed by atoms with Gasteiger partial charge < -0.3 is 19.5 Å². The van der Waals surface area contributed by atoms with E-state index in [1.54, 1.807) is 4.90 Å². The summed E-state index contributed by atoms with van der Waals surface area (Å²) in [5, 5.41) is 16.7. The van der Waals surface area contributed by atoms with E-state index in [-0.39, 0.29) is 12.0 Å². The van der Waals surface area contributed by atoms with Crippen molar-refractivity contribution in [2.45, 2.75) is 64.2 Å². The summed E-state index contributed by atoms with van der Waals surface area (Å²) in [7, 11) is 3.38. The van der Waals surface area contributed by atoms with Crippen molar-refractivity contribution in [1.82, 2.24) is 29.5 Å². The summed E-state index contributed by atoms with van der Waals surface area (Å²) in [6, 6.07) is 13.8. The first-order valence-electron chi connectivity index (χ1n) is 16.8. The summed E-state index contributed by atoms with van der Waals surface area (Å²) in [5.41, 5.74) is 6.63. The molecular weight excluding hydrogens is 676 g/mol. The number of piperidine rings is 1. The zero-order valence-corrected chi connectivity index (χ0v) is 30.6. The average Bonchev–Trinajstić information content (AvgIpc) is 3.63. The first kappa shape index (κ1) is 34.4. The highest BCUT2D eigenvalue weighted by Gasteiger charge is 2.38. The number of hydrogen-bond donors (Lipinski definition) is 1. The molecule has 1 amide bonds. The third-order valence-electron chi connectivity index (χ3n) is 9.69. The second-order valence-electron chi connectivity index (χ2n) is 14.2. The van der Waals surface area contributed by atoms with Gasteiger partial charge in [-0.3, -0.25) is 9.58 Å². The van der Waals surface area contributed by atoms with Crippen LogP contribution in [0.1, 0.15) is 62.5 Å². The lowest BCUT2D eigenvalue weighted by molar-refractivity contribution is -0.160. The van der Waals surface area contributed by atoms with Gasteiger partial charge in [-0.15, -0.1) is 11.3 Å². The summed E-state index contributed by atoms with van der Waals surface area (Å²) in [6.45, 7) is 10.8. The van der Waals surface area contributed by atoms with Gasteiger partial charge in [0.05, 0.1) is 39.8 Å². The van der Waals surface area contributed by atoms with E-state index >= 15 is 0 Å². The van der Waals surface area contributed by atoms with Crippen LogP contribution in [0.25, 0.3) is 43.1 Å². The van der Waals surface area contributed by atoms with Crippen LogP contribution in [0, 0.1) is 6.92 Å². The van der Waals surface area contributed by atoms with Crippen LogP contribution in [-0.4, -0.2) is 91.6 Å². The lowest BCUT2D eigenvalue weighted by Crippen LogP contribution is -2.62. The molecule has 0 radical (unpaired) electrons.